The largest absolute Gasteiger partial charge is 0.479 e. The van der Waals surface area contributed by atoms with Gasteiger partial charge < -0.3 is 10.8 Å². The fraction of sp³-hybridized carbons (Fsp3) is 0.417. The summed E-state index contributed by atoms with van der Waals surface area (Å²) in [6.07, 6.45) is 4.73. The minimum Gasteiger partial charge on any atom is -0.479 e. The van der Waals surface area contributed by atoms with Crippen LogP contribution in [0.25, 0.3) is 0 Å². The van der Waals surface area contributed by atoms with Crippen molar-refractivity contribution >= 4 is 17.7 Å². The van der Waals surface area contributed by atoms with Gasteiger partial charge in [0.25, 0.3) is 0 Å². The summed E-state index contributed by atoms with van der Waals surface area (Å²) in [4.78, 5) is 11.6. The third kappa shape index (κ3) is 2.57. The van der Waals surface area contributed by atoms with E-state index in [1.165, 1.54) is 35.7 Å². The van der Waals surface area contributed by atoms with Gasteiger partial charge in [-0.1, -0.05) is 17.8 Å². The van der Waals surface area contributed by atoms with Crippen LogP contribution in [-0.2, 0) is 17.6 Å². The average Bonchev–Trinajstić information content (AvgIpc) is 2.28. The van der Waals surface area contributed by atoms with Crippen LogP contribution in [0, 0.1) is 0 Å². The first kappa shape index (κ1) is 11.5. The maximum absolute atomic E-state index is 10.6. The number of rotatable bonds is 3. The molecule has 1 aliphatic carbocycles. The fourth-order valence-corrected chi connectivity index (χ4v) is 2.73. The van der Waals surface area contributed by atoms with Gasteiger partial charge in [-0.2, -0.15) is 0 Å². The lowest BCUT2D eigenvalue weighted by molar-refractivity contribution is -0.136. The quantitative estimate of drug-likeness (QED) is 0.623. The van der Waals surface area contributed by atoms with E-state index in [4.69, 9.17) is 10.8 Å². The van der Waals surface area contributed by atoms with Gasteiger partial charge in [-0.05, 0) is 48.9 Å². The van der Waals surface area contributed by atoms with Gasteiger partial charge in [0.2, 0.25) is 0 Å². The maximum Gasteiger partial charge on any atom is 0.331 e. The van der Waals surface area contributed by atoms with E-state index < -0.39 is 11.3 Å². The average molecular weight is 237 g/mol. The number of aryl methyl sites for hydroxylation is 2. The molecule has 1 aliphatic rings. The van der Waals surface area contributed by atoms with Gasteiger partial charge in [-0.3, -0.25) is 0 Å². The molecule has 1 atom stereocenters. The van der Waals surface area contributed by atoms with E-state index in [0.717, 1.165) is 17.7 Å². The molecule has 3 nitrogen and oxygen atoms in total. The van der Waals surface area contributed by atoms with Gasteiger partial charge in [-0.25, -0.2) is 4.79 Å². The Bertz CT molecular complexity index is 406. The zero-order valence-electron chi connectivity index (χ0n) is 8.98. The Hall–Kier alpha value is -1.00. The topological polar surface area (TPSA) is 63.3 Å². The number of carboxylic acids is 1. The molecule has 3 N–H and O–H groups in total. The molecule has 0 spiro atoms. The maximum atomic E-state index is 10.6. The first-order valence-corrected chi connectivity index (χ1v) is 6.31. The molecule has 0 radical (unpaired) electrons. The van der Waals surface area contributed by atoms with Crippen LogP contribution in [0.1, 0.15) is 24.0 Å². The van der Waals surface area contributed by atoms with Crippen LogP contribution in [0.2, 0.25) is 0 Å². The Labute approximate surface area is 99.0 Å². The van der Waals surface area contributed by atoms with Crippen LogP contribution in [-0.4, -0.2) is 16.4 Å². The lowest BCUT2D eigenvalue weighted by atomic mass is 9.92. The number of carboxylic acid groups (broad SMARTS) is 1. The third-order valence-electron chi connectivity index (χ3n) is 2.83. The van der Waals surface area contributed by atoms with E-state index in [1.54, 1.807) is 0 Å². The third-order valence-corrected chi connectivity index (χ3v) is 3.81. The van der Waals surface area contributed by atoms with Crippen molar-refractivity contribution < 1.29 is 9.90 Å². The van der Waals surface area contributed by atoms with E-state index in [0.29, 0.717) is 0 Å². The highest BCUT2D eigenvalue weighted by Crippen LogP contribution is 2.28. The van der Waals surface area contributed by atoms with Crippen molar-refractivity contribution in [3.05, 3.63) is 29.3 Å². The molecule has 0 saturated carbocycles. The highest BCUT2D eigenvalue weighted by atomic mass is 32.2. The molecule has 1 aromatic carbocycles. The van der Waals surface area contributed by atoms with Crippen LogP contribution in [0.3, 0.4) is 0 Å². The summed E-state index contributed by atoms with van der Waals surface area (Å²) >= 11 is 1.20. The molecule has 0 saturated heterocycles. The normalized spacial score (nSPS) is 16.6. The van der Waals surface area contributed by atoms with Crippen molar-refractivity contribution in [3.8, 4) is 0 Å². The van der Waals surface area contributed by atoms with Gasteiger partial charge in [0.1, 0.15) is 0 Å². The Morgan fingerprint density at radius 3 is 2.69 bits per heavy atom. The molecule has 1 unspecified atom stereocenters. The van der Waals surface area contributed by atoms with Crippen molar-refractivity contribution in [1.82, 2.24) is 0 Å². The predicted octanol–water partition coefficient (Wildman–Crippen LogP) is 2.03. The lowest BCUT2D eigenvalue weighted by Gasteiger charge is -2.16. The first-order chi connectivity index (χ1) is 7.66. The number of hydrogen-bond acceptors (Lipinski definition) is 3. The van der Waals surface area contributed by atoms with Crippen LogP contribution in [0.4, 0.5) is 0 Å². The Morgan fingerprint density at radius 1 is 1.31 bits per heavy atom. The molecular weight excluding hydrogens is 222 g/mol. The molecule has 0 heterocycles. The summed E-state index contributed by atoms with van der Waals surface area (Å²) in [5.74, 6) is -0.970. The second-order valence-corrected chi connectivity index (χ2v) is 5.23. The van der Waals surface area contributed by atoms with Crippen molar-refractivity contribution in [2.24, 2.45) is 5.73 Å². The van der Waals surface area contributed by atoms with Gasteiger partial charge in [0, 0.05) is 4.90 Å². The van der Waals surface area contributed by atoms with Gasteiger partial charge in [0.05, 0.1) is 0 Å². The van der Waals surface area contributed by atoms with E-state index >= 15 is 0 Å². The summed E-state index contributed by atoms with van der Waals surface area (Å²) in [7, 11) is 0. The number of nitrogens with two attached hydrogens (primary N) is 1. The smallest absolute Gasteiger partial charge is 0.331 e. The lowest BCUT2D eigenvalue weighted by Crippen LogP contribution is -2.25. The summed E-state index contributed by atoms with van der Waals surface area (Å²) < 4.78 is 0. The fourth-order valence-electron chi connectivity index (χ4n) is 1.98. The van der Waals surface area contributed by atoms with Crippen LogP contribution < -0.4 is 5.73 Å². The van der Waals surface area contributed by atoms with Crippen LogP contribution in [0.5, 0.6) is 0 Å². The number of fused-ring (bicyclic) bond motifs is 1. The molecule has 16 heavy (non-hydrogen) atoms. The summed E-state index contributed by atoms with van der Waals surface area (Å²) in [6.45, 7) is 0. The van der Waals surface area contributed by atoms with Crippen LogP contribution in [0.15, 0.2) is 23.1 Å². The number of aliphatic carboxylic acids is 1. The Morgan fingerprint density at radius 2 is 2.00 bits per heavy atom. The Balaban J connectivity index is 2.14. The van der Waals surface area contributed by atoms with Gasteiger partial charge in [-0.15, -0.1) is 0 Å². The van der Waals surface area contributed by atoms with E-state index in [2.05, 4.69) is 12.1 Å². The summed E-state index contributed by atoms with van der Waals surface area (Å²) in [5.41, 5.74) is 8.25. The minimum absolute atomic E-state index is 0.873. The summed E-state index contributed by atoms with van der Waals surface area (Å²) in [6, 6.07) is 6.16. The number of thioether (sulfide) groups is 1. The second kappa shape index (κ2) is 4.89. The molecule has 0 bridgehead atoms. The molecule has 86 valence electrons. The van der Waals surface area contributed by atoms with Crippen molar-refractivity contribution in [2.45, 2.75) is 36.0 Å². The molecule has 2 rings (SSSR count). The monoisotopic (exact) mass is 237 g/mol. The molecule has 0 aliphatic heterocycles. The van der Waals surface area contributed by atoms with E-state index in [-0.39, 0.29) is 0 Å². The molecule has 0 aromatic heterocycles. The number of hydrogen-bond donors (Lipinski definition) is 2. The number of carbonyl (C=O) groups is 1. The SMILES string of the molecule is NC(Sc1ccc2c(c1)CCCC2)C(=O)O. The molecular formula is C12H15NO2S. The first-order valence-electron chi connectivity index (χ1n) is 5.43. The number of benzene rings is 1. The highest BCUT2D eigenvalue weighted by Gasteiger charge is 2.15. The van der Waals surface area contributed by atoms with Crippen molar-refractivity contribution in [2.75, 3.05) is 0 Å². The molecule has 0 amide bonds. The van der Waals surface area contributed by atoms with Crippen LogP contribution >= 0.6 is 11.8 Å². The molecule has 4 heteroatoms. The predicted molar refractivity (Wildman–Crippen MR) is 64.6 cm³/mol. The van der Waals surface area contributed by atoms with Crippen molar-refractivity contribution in [1.29, 1.82) is 0 Å². The van der Waals surface area contributed by atoms with Gasteiger partial charge in [0.15, 0.2) is 5.37 Å². The van der Waals surface area contributed by atoms with Gasteiger partial charge >= 0.3 is 5.97 Å². The van der Waals surface area contributed by atoms with Crippen molar-refractivity contribution in [3.63, 3.8) is 0 Å². The zero-order valence-corrected chi connectivity index (χ0v) is 9.80. The van der Waals surface area contributed by atoms with E-state index in [9.17, 15) is 4.79 Å². The highest BCUT2D eigenvalue weighted by molar-refractivity contribution is 8.00. The molecule has 0 fully saturated rings. The molecule has 1 aromatic rings. The second-order valence-electron chi connectivity index (χ2n) is 4.01. The van der Waals surface area contributed by atoms with E-state index in [1.807, 2.05) is 6.07 Å². The standard InChI is InChI=1S/C12H15NO2S/c13-11(12(14)15)16-10-6-5-8-3-1-2-4-9(8)7-10/h5-7,11H,1-4,13H2,(H,14,15). The summed E-state index contributed by atoms with van der Waals surface area (Å²) in [5, 5.41) is 7.86. The Kier molecular flexibility index (Phi) is 3.51. The zero-order chi connectivity index (χ0) is 11.5. The minimum atomic E-state index is -0.970.